The molecule has 0 saturated carbocycles. The summed E-state index contributed by atoms with van der Waals surface area (Å²) in [4.78, 5) is 11.5. The smallest absolute Gasteiger partial charge is 0.407 e. The molecule has 9 nitrogen and oxygen atoms in total. The van der Waals surface area contributed by atoms with Gasteiger partial charge in [-0.25, -0.2) is 4.79 Å². The largest absolute Gasteiger partial charge is 0.444 e. The molecule has 0 heterocycles. The van der Waals surface area contributed by atoms with Crippen molar-refractivity contribution in [2.75, 3.05) is 52.8 Å². The van der Waals surface area contributed by atoms with Gasteiger partial charge in [0.05, 0.1) is 44.5 Å². The third kappa shape index (κ3) is 13.5. The van der Waals surface area contributed by atoms with Gasteiger partial charge in [0.2, 0.25) is 0 Å². The number of hydrogen-bond acceptors (Lipinski definition) is 8. The van der Waals surface area contributed by atoms with Gasteiger partial charge in [0, 0.05) is 13.2 Å². The van der Waals surface area contributed by atoms with E-state index in [1.54, 1.807) is 39.0 Å². The van der Waals surface area contributed by atoms with Gasteiger partial charge in [-0.05, 0) is 39.3 Å². The number of ether oxygens (including phenoxy) is 4. The van der Waals surface area contributed by atoms with Gasteiger partial charge in [0.25, 0.3) is 10.1 Å². The van der Waals surface area contributed by atoms with Crippen molar-refractivity contribution in [3.05, 3.63) is 30.3 Å². The van der Waals surface area contributed by atoms with E-state index in [-0.39, 0.29) is 11.5 Å². The highest BCUT2D eigenvalue weighted by molar-refractivity contribution is 7.86. The first-order chi connectivity index (χ1) is 14.2. The molecular formula is C20H33NO8S. The third-order valence-electron chi connectivity index (χ3n) is 3.36. The Balaban J connectivity index is 1.87. The molecule has 0 aliphatic rings. The molecular weight excluding hydrogens is 414 g/mol. The Morgan fingerprint density at radius 2 is 1.43 bits per heavy atom. The maximum Gasteiger partial charge on any atom is 0.407 e. The van der Waals surface area contributed by atoms with Crippen LogP contribution in [0.2, 0.25) is 0 Å². The third-order valence-corrected chi connectivity index (χ3v) is 4.69. The normalized spacial score (nSPS) is 12.0. The molecule has 0 fully saturated rings. The highest BCUT2D eigenvalue weighted by Crippen LogP contribution is 2.11. The number of hydrogen-bond donors (Lipinski definition) is 1. The molecule has 1 aromatic rings. The predicted molar refractivity (Wildman–Crippen MR) is 111 cm³/mol. The predicted octanol–water partition coefficient (Wildman–Crippen LogP) is 2.36. The van der Waals surface area contributed by atoms with Crippen molar-refractivity contribution in [1.82, 2.24) is 5.32 Å². The highest BCUT2D eigenvalue weighted by atomic mass is 32.2. The Kier molecular flexibility index (Phi) is 12.6. The van der Waals surface area contributed by atoms with Gasteiger partial charge < -0.3 is 24.3 Å². The van der Waals surface area contributed by atoms with Gasteiger partial charge in [-0.3, -0.25) is 4.18 Å². The Morgan fingerprint density at radius 3 is 2.03 bits per heavy atom. The second-order valence-corrected chi connectivity index (χ2v) is 8.82. The minimum Gasteiger partial charge on any atom is -0.444 e. The quantitative estimate of drug-likeness (QED) is 0.322. The molecule has 10 heteroatoms. The molecule has 0 aromatic heterocycles. The van der Waals surface area contributed by atoms with Crippen LogP contribution in [0.5, 0.6) is 0 Å². The summed E-state index contributed by atoms with van der Waals surface area (Å²) in [5.41, 5.74) is -0.520. The molecule has 172 valence electrons. The Morgan fingerprint density at radius 1 is 0.867 bits per heavy atom. The number of carbonyl (C=O) groups excluding carboxylic acids is 1. The molecule has 1 N–H and O–H groups in total. The van der Waals surface area contributed by atoms with Crippen LogP contribution in [-0.2, 0) is 33.2 Å². The Hall–Kier alpha value is -1.72. The molecule has 0 aliphatic carbocycles. The van der Waals surface area contributed by atoms with Crippen LogP contribution in [0.3, 0.4) is 0 Å². The number of amides is 1. The monoisotopic (exact) mass is 447 g/mol. The first kappa shape index (κ1) is 26.3. The van der Waals surface area contributed by atoms with Crippen LogP contribution in [0.15, 0.2) is 35.2 Å². The number of alkyl carbamates (subject to hydrolysis) is 1. The molecule has 1 aromatic carbocycles. The molecule has 0 radical (unpaired) electrons. The minimum absolute atomic E-state index is 0.0588. The molecule has 0 unspecified atom stereocenters. The van der Waals surface area contributed by atoms with Crippen LogP contribution < -0.4 is 5.32 Å². The maximum atomic E-state index is 11.9. The Labute approximate surface area is 179 Å². The van der Waals surface area contributed by atoms with Crippen molar-refractivity contribution in [2.24, 2.45) is 0 Å². The van der Waals surface area contributed by atoms with E-state index in [9.17, 15) is 13.2 Å². The molecule has 1 rings (SSSR count). The lowest BCUT2D eigenvalue weighted by Crippen LogP contribution is -2.34. The van der Waals surface area contributed by atoms with Crippen LogP contribution in [0.1, 0.15) is 27.2 Å². The summed E-state index contributed by atoms with van der Waals surface area (Å²) in [5, 5.41) is 2.60. The van der Waals surface area contributed by atoms with Gasteiger partial charge >= 0.3 is 6.09 Å². The fourth-order valence-corrected chi connectivity index (χ4v) is 3.03. The molecule has 0 atom stereocenters. The fraction of sp³-hybridized carbons (Fsp3) is 0.650. The zero-order valence-electron chi connectivity index (χ0n) is 17.9. The fourth-order valence-electron chi connectivity index (χ4n) is 2.07. The van der Waals surface area contributed by atoms with Crippen molar-refractivity contribution >= 4 is 16.2 Å². The lowest BCUT2D eigenvalue weighted by atomic mass is 10.2. The van der Waals surface area contributed by atoms with Crippen molar-refractivity contribution in [3.8, 4) is 0 Å². The molecule has 0 bridgehead atoms. The van der Waals surface area contributed by atoms with Crippen LogP contribution in [0.4, 0.5) is 4.79 Å². The van der Waals surface area contributed by atoms with E-state index in [0.29, 0.717) is 52.6 Å². The summed E-state index contributed by atoms with van der Waals surface area (Å²) >= 11 is 0. The van der Waals surface area contributed by atoms with E-state index >= 15 is 0 Å². The summed E-state index contributed by atoms with van der Waals surface area (Å²) in [6.07, 6.45) is -0.0117. The molecule has 0 spiro atoms. The molecule has 30 heavy (non-hydrogen) atoms. The number of rotatable bonds is 15. The topological polar surface area (TPSA) is 109 Å². The van der Waals surface area contributed by atoms with E-state index < -0.39 is 21.8 Å². The van der Waals surface area contributed by atoms with Crippen molar-refractivity contribution in [2.45, 2.75) is 37.7 Å². The number of nitrogens with one attached hydrogen (secondary N) is 1. The van der Waals surface area contributed by atoms with E-state index in [1.165, 1.54) is 12.1 Å². The number of carbonyl (C=O) groups is 1. The van der Waals surface area contributed by atoms with E-state index in [4.69, 9.17) is 23.1 Å². The average molecular weight is 448 g/mol. The van der Waals surface area contributed by atoms with Gasteiger partial charge in [-0.1, -0.05) is 18.2 Å². The van der Waals surface area contributed by atoms with Crippen molar-refractivity contribution in [1.29, 1.82) is 0 Å². The summed E-state index contributed by atoms with van der Waals surface area (Å²) in [5.74, 6) is 0. The summed E-state index contributed by atoms with van der Waals surface area (Å²) in [7, 11) is -3.71. The summed E-state index contributed by atoms with van der Waals surface area (Å²) in [6, 6.07) is 8.01. The van der Waals surface area contributed by atoms with Gasteiger partial charge in [-0.2, -0.15) is 8.42 Å². The van der Waals surface area contributed by atoms with Crippen LogP contribution in [0, 0.1) is 0 Å². The van der Waals surface area contributed by atoms with Crippen molar-refractivity contribution < 1.29 is 36.3 Å². The van der Waals surface area contributed by atoms with E-state index in [0.717, 1.165) is 0 Å². The van der Waals surface area contributed by atoms with Gasteiger partial charge in [0.1, 0.15) is 5.60 Å². The lowest BCUT2D eigenvalue weighted by molar-refractivity contribution is 0.0123. The van der Waals surface area contributed by atoms with Crippen LogP contribution >= 0.6 is 0 Å². The second kappa shape index (κ2) is 14.3. The van der Waals surface area contributed by atoms with Gasteiger partial charge in [0.15, 0.2) is 0 Å². The SMILES string of the molecule is CC(C)(C)OC(=O)NCCOCCOCCOCCCOS(=O)(=O)c1ccccc1. The van der Waals surface area contributed by atoms with E-state index in [2.05, 4.69) is 5.32 Å². The Bertz CT molecular complexity index is 689. The second-order valence-electron chi connectivity index (χ2n) is 7.21. The highest BCUT2D eigenvalue weighted by Gasteiger charge is 2.15. The maximum absolute atomic E-state index is 11.9. The summed E-state index contributed by atoms with van der Waals surface area (Å²) < 4.78 is 49.9. The molecule has 1 amide bonds. The summed E-state index contributed by atoms with van der Waals surface area (Å²) in [6.45, 7) is 8.18. The molecule has 0 aliphatic heterocycles. The van der Waals surface area contributed by atoms with E-state index in [1.807, 2.05) is 0 Å². The standard InChI is InChI=1S/C20H33NO8S/c1-20(2,3)29-19(22)21-10-13-26-15-17-27-16-14-25-11-7-12-28-30(23,24)18-8-5-4-6-9-18/h4-6,8-9H,7,10-17H2,1-3H3,(H,21,22). The zero-order chi connectivity index (χ0) is 22.3. The average Bonchev–Trinajstić information content (AvgIpc) is 2.67. The first-order valence-corrected chi connectivity index (χ1v) is 11.3. The lowest BCUT2D eigenvalue weighted by Gasteiger charge is -2.19. The van der Waals surface area contributed by atoms with Crippen LogP contribution in [0.25, 0.3) is 0 Å². The zero-order valence-corrected chi connectivity index (χ0v) is 18.7. The first-order valence-electron chi connectivity index (χ1n) is 9.85. The van der Waals surface area contributed by atoms with Gasteiger partial charge in [-0.15, -0.1) is 0 Å². The molecule has 0 saturated heterocycles. The minimum atomic E-state index is -3.71. The van der Waals surface area contributed by atoms with Crippen molar-refractivity contribution in [3.63, 3.8) is 0 Å². The number of benzene rings is 1. The van der Waals surface area contributed by atoms with Crippen LogP contribution in [-0.4, -0.2) is 72.9 Å².